The molecule has 0 bridgehead atoms. The third-order valence-corrected chi connectivity index (χ3v) is 3.90. The highest BCUT2D eigenvalue weighted by molar-refractivity contribution is 5.99. The Kier molecular flexibility index (Phi) is 2.96. The van der Waals surface area contributed by atoms with Gasteiger partial charge in [-0.3, -0.25) is 4.79 Å². The second-order valence-electron chi connectivity index (χ2n) is 4.94. The summed E-state index contributed by atoms with van der Waals surface area (Å²) in [5, 5.41) is 3.33. The minimum absolute atomic E-state index is 0.163. The lowest BCUT2D eigenvalue weighted by Crippen LogP contribution is -2.43. The summed E-state index contributed by atoms with van der Waals surface area (Å²) in [5.74, 6) is 0.921. The number of piperidine rings is 1. The highest BCUT2D eigenvalue weighted by atomic mass is 16.5. The fourth-order valence-electron chi connectivity index (χ4n) is 2.84. The third-order valence-electron chi connectivity index (χ3n) is 3.90. The molecule has 0 unspecified atom stereocenters. The Morgan fingerprint density at radius 2 is 2.11 bits per heavy atom. The molecule has 0 spiro atoms. The van der Waals surface area contributed by atoms with Gasteiger partial charge in [0.05, 0.1) is 7.11 Å². The number of fused-ring (bicyclic) bond motifs is 1. The van der Waals surface area contributed by atoms with Crippen molar-refractivity contribution < 1.29 is 9.53 Å². The van der Waals surface area contributed by atoms with Gasteiger partial charge in [-0.15, -0.1) is 0 Å². The minimum atomic E-state index is 0.163. The summed E-state index contributed by atoms with van der Waals surface area (Å²) in [7, 11) is 1.63. The SMILES string of the molecule is COc1ccc2c(c1)C(=O)N(C1CCNCC1)C2. The largest absolute Gasteiger partial charge is 0.497 e. The van der Waals surface area contributed by atoms with Crippen molar-refractivity contribution in [3.63, 3.8) is 0 Å². The summed E-state index contributed by atoms with van der Waals surface area (Å²) in [6, 6.07) is 6.18. The van der Waals surface area contributed by atoms with Gasteiger partial charge in [-0.05, 0) is 43.6 Å². The van der Waals surface area contributed by atoms with Crippen LogP contribution in [0.2, 0.25) is 0 Å². The van der Waals surface area contributed by atoms with Gasteiger partial charge < -0.3 is 15.0 Å². The molecule has 2 heterocycles. The molecule has 0 aromatic heterocycles. The van der Waals surface area contributed by atoms with E-state index in [4.69, 9.17) is 4.74 Å². The molecule has 1 aromatic rings. The van der Waals surface area contributed by atoms with Crippen LogP contribution in [0.15, 0.2) is 18.2 Å². The van der Waals surface area contributed by atoms with Crippen molar-refractivity contribution in [3.8, 4) is 5.75 Å². The van der Waals surface area contributed by atoms with Gasteiger partial charge in [0.1, 0.15) is 5.75 Å². The lowest BCUT2D eigenvalue weighted by molar-refractivity contribution is 0.0668. The van der Waals surface area contributed by atoms with E-state index in [1.54, 1.807) is 7.11 Å². The van der Waals surface area contributed by atoms with Crippen LogP contribution < -0.4 is 10.1 Å². The molecular formula is C14H18N2O2. The van der Waals surface area contributed by atoms with Gasteiger partial charge in [0, 0.05) is 18.2 Å². The number of ether oxygens (including phenoxy) is 1. The Hall–Kier alpha value is -1.55. The van der Waals surface area contributed by atoms with Crippen LogP contribution in [-0.2, 0) is 6.54 Å². The molecule has 4 heteroatoms. The zero-order valence-electron chi connectivity index (χ0n) is 10.6. The molecule has 1 saturated heterocycles. The lowest BCUT2D eigenvalue weighted by Gasteiger charge is -2.31. The maximum Gasteiger partial charge on any atom is 0.254 e. The first kappa shape index (κ1) is 11.5. The van der Waals surface area contributed by atoms with E-state index in [2.05, 4.69) is 5.32 Å². The van der Waals surface area contributed by atoms with Gasteiger partial charge in [-0.1, -0.05) is 6.07 Å². The monoisotopic (exact) mass is 246 g/mol. The summed E-state index contributed by atoms with van der Waals surface area (Å²) in [6.45, 7) is 2.77. The fraction of sp³-hybridized carbons (Fsp3) is 0.500. The van der Waals surface area contributed by atoms with Crippen LogP contribution in [0.1, 0.15) is 28.8 Å². The molecule has 18 heavy (non-hydrogen) atoms. The molecule has 1 amide bonds. The number of carbonyl (C=O) groups is 1. The van der Waals surface area contributed by atoms with Gasteiger partial charge in [-0.25, -0.2) is 0 Å². The first-order valence-corrected chi connectivity index (χ1v) is 6.48. The van der Waals surface area contributed by atoms with E-state index < -0.39 is 0 Å². The van der Waals surface area contributed by atoms with Gasteiger partial charge in [0.25, 0.3) is 5.91 Å². The van der Waals surface area contributed by atoms with E-state index in [0.717, 1.165) is 49.4 Å². The van der Waals surface area contributed by atoms with Crippen LogP contribution in [0.3, 0.4) is 0 Å². The molecule has 0 atom stereocenters. The van der Waals surface area contributed by atoms with Crippen LogP contribution in [-0.4, -0.2) is 37.0 Å². The molecule has 0 radical (unpaired) electrons. The number of nitrogens with one attached hydrogen (secondary N) is 1. The average molecular weight is 246 g/mol. The minimum Gasteiger partial charge on any atom is -0.497 e. The van der Waals surface area contributed by atoms with Crippen LogP contribution >= 0.6 is 0 Å². The fourth-order valence-corrected chi connectivity index (χ4v) is 2.84. The average Bonchev–Trinajstić information content (AvgIpc) is 2.77. The zero-order valence-corrected chi connectivity index (χ0v) is 10.6. The number of hydrogen-bond donors (Lipinski definition) is 1. The van der Waals surface area contributed by atoms with Crippen LogP contribution in [0.25, 0.3) is 0 Å². The van der Waals surface area contributed by atoms with Crippen molar-refractivity contribution in [1.29, 1.82) is 0 Å². The number of methoxy groups -OCH3 is 1. The standard InChI is InChI=1S/C14H18N2O2/c1-18-12-3-2-10-9-16(14(17)13(10)8-12)11-4-6-15-7-5-11/h2-3,8,11,15H,4-7,9H2,1H3. The Balaban J connectivity index is 1.84. The van der Waals surface area contributed by atoms with Crippen LogP contribution in [0, 0.1) is 0 Å². The van der Waals surface area contributed by atoms with Crippen molar-refractivity contribution in [2.24, 2.45) is 0 Å². The van der Waals surface area contributed by atoms with Crippen molar-refractivity contribution >= 4 is 5.91 Å². The number of amides is 1. The Bertz CT molecular complexity index is 467. The molecular weight excluding hydrogens is 228 g/mol. The summed E-state index contributed by atoms with van der Waals surface area (Å²) in [5.41, 5.74) is 1.94. The molecule has 3 rings (SSSR count). The predicted molar refractivity (Wildman–Crippen MR) is 68.8 cm³/mol. The smallest absolute Gasteiger partial charge is 0.254 e. The topological polar surface area (TPSA) is 41.6 Å². The summed E-state index contributed by atoms with van der Waals surface area (Å²) < 4.78 is 5.19. The van der Waals surface area contributed by atoms with E-state index in [-0.39, 0.29) is 5.91 Å². The highest BCUT2D eigenvalue weighted by Crippen LogP contribution is 2.29. The van der Waals surface area contributed by atoms with Crippen molar-refractivity contribution in [2.45, 2.75) is 25.4 Å². The Morgan fingerprint density at radius 3 is 2.83 bits per heavy atom. The normalized spacial score (nSPS) is 20.1. The Labute approximate surface area is 107 Å². The van der Waals surface area contributed by atoms with Crippen molar-refractivity contribution in [1.82, 2.24) is 10.2 Å². The highest BCUT2D eigenvalue weighted by Gasteiger charge is 2.33. The number of rotatable bonds is 2. The summed E-state index contributed by atoms with van der Waals surface area (Å²) in [4.78, 5) is 14.4. The molecule has 1 N–H and O–H groups in total. The van der Waals surface area contributed by atoms with Gasteiger partial charge >= 0.3 is 0 Å². The molecule has 0 saturated carbocycles. The van der Waals surface area contributed by atoms with Gasteiger partial charge in [-0.2, -0.15) is 0 Å². The van der Waals surface area contributed by atoms with Gasteiger partial charge in [0.15, 0.2) is 0 Å². The molecule has 96 valence electrons. The zero-order chi connectivity index (χ0) is 12.5. The summed E-state index contributed by atoms with van der Waals surface area (Å²) in [6.07, 6.45) is 2.10. The molecule has 1 aromatic carbocycles. The summed E-state index contributed by atoms with van der Waals surface area (Å²) >= 11 is 0. The number of hydrogen-bond acceptors (Lipinski definition) is 3. The quantitative estimate of drug-likeness (QED) is 0.857. The lowest BCUT2D eigenvalue weighted by atomic mass is 10.1. The third kappa shape index (κ3) is 1.86. The first-order valence-electron chi connectivity index (χ1n) is 6.48. The van der Waals surface area contributed by atoms with Crippen molar-refractivity contribution in [3.05, 3.63) is 29.3 Å². The van der Waals surface area contributed by atoms with E-state index in [1.807, 2.05) is 23.1 Å². The predicted octanol–water partition coefficient (Wildman–Crippen LogP) is 1.40. The van der Waals surface area contributed by atoms with E-state index in [0.29, 0.717) is 6.04 Å². The molecule has 2 aliphatic heterocycles. The Morgan fingerprint density at radius 1 is 1.33 bits per heavy atom. The number of carbonyl (C=O) groups excluding carboxylic acids is 1. The van der Waals surface area contributed by atoms with Crippen LogP contribution in [0.5, 0.6) is 5.75 Å². The molecule has 0 aliphatic carbocycles. The van der Waals surface area contributed by atoms with E-state index in [9.17, 15) is 4.79 Å². The van der Waals surface area contributed by atoms with E-state index >= 15 is 0 Å². The molecule has 4 nitrogen and oxygen atoms in total. The van der Waals surface area contributed by atoms with Crippen LogP contribution in [0.4, 0.5) is 0 Å². The van der Waals surface area contributed by atoms with Gasteiger partial charge in [0.2, 0.25) is 0 Å². The maximum absolute atomic E-state index is 12.4. The molecule has 2 aliphatic rings. The second kappa shape index (κ2) is 4.61. The van der Waals surface area contributed by atoms with Crippen molar-refractivity contribution in [2.75, 3.05) is 20.2 Å². The first-order chi connectivity index (χ1) is 8.79. The second-order valence-corrected chi connectivity index (χ2v) is 4.94. The molecule has 1 fully saturated rings. The maximum atomic E-state index is 12.4. The number of benzene rings is 1. The van der Waals surface area contributed by atoms with E-state index in [1.165, 1.54) is 0 Å². The number of nitrogens with zero attached hydrogens (tertiary/aromatic N) is 1.